The van der Waals surface area contributed by atoms with Gasteiger partial charge in [0.1, 0.15) is 6.17 Å². The largest absolute Gasteiger partial charge is 0.285 e. The van der Waals surface area contributed by atoms with Crippen molar-refractivity contribution in [3.05, 3.63) is 0 Å². The molecule has 0 bridgehead atoms. The molecule has 1 nitrogen and oxygen atoms in total. The molecule has 1 N–H and O–H groups in total. The molecule has 10 heavy (non-hydrogen) atoms. The van der Waals surface area contributed by atoms with Crippen molar-refractivity contribution < 1.29 is 8.78 Å². The van der Waals surface area contributed by atoms with E-state index in [1.165, 1.54) is 6.92 Å². The van der Waals surface area contributed by atoms with Crippen molar-refractivity contribution >= 4 is 0 Å². The molecule has 2 atom stereocenters. The fraction of sp³-hybridized carbons (Fsp3) is 1.00. The van der Waals surface area contributed by atoms with Gasteiger partial charge in [0.25, 0.3) is 0 Å². The minimum atomic E-state index is -1.49. The number of hydrogen-bond donors (Lipinski definition) is 1. The van der Waals surface area contributed by atoms with E-state index in [1.807, 2.05) is 6.92 Å². The lowest BCUT2D eigenvalue weighted by Gasteiger charge is -2.09. The first-order valence-corrected chi connectivity index (χ1v) is 3.70. The van der Waals surface area contributed by atoms with Crippen LogP contribution < -0.4 is 5.32 Å². The molecular formula is C7H15F2N. The molecule has 0 spiro atoms. The molecule has 0 aromatic rings. The van der Waals surface area contributed by atoms with Gasteiger partial charge in [-0.15, -0.1) is 0 Å². The molecule has 62 valence electrons. The monoisotopic (exact) mass is 151 g/mol. The van der Waals surface area contributed by atoms with Crippen LogP contribution in [-0.4, -0.2) is 19.0 Å². The van der Waals surface area contributed by atoms with Gasteiger partial charge in [-0.3, -0.25) is 5.32 Å². The summed E-state index contributed by atoms with van der Waals surface area (Å²) in [5, 5.41) is 2.44. The lowest BCUT2D eigenvalue weighted by atomic mass is 10.3. The van der Waals surface area contributed by atoms with Crippen molar-refractivity contribution in [3.8, 4) is 0 Å². The zero-order valence-corrected chi connectivity index (χ0v) is 6.53. The summed E-state index contributed by atoms with van der Waals surface area (Å²) in [7, 11) is 0. The van der Waals surface area contributed by atoms with Crippen LogP contribution in [-0.2, 0) is 0 Å². The van der Waals surface area contributed by atoms with Gasteiger partial charge in [-0.05, 0) is 19.9 Å². The van der Waals surface area contributed by atoms with E-state index in [9.17, 15) is 8.78 Å². The highest BCUT2D eigenvalue weighted by molar-refractivity contribution is 4.59. The third-order valence-electron chi connectivity index (χ3n) is 1.27. The van der Waals surface area contributed by atoms with Crippen molar-refractivity contribution in [2.75, 3.05) is 6.54 Å². The zero-order valence-electron chi connectivity index (χ0n) is 6.53. The van der Waals surface area contributed by atoms with Crippen molar-refractivity contribution in [2.45, 2.75) is 39.2 Å². The molecular weight excluding hydrogens is 136 g/mol. The van der Waals surface area contributed by atoms with Crippen LogP contribution in [0, 0.1) is 0 Å². The second-order valence-electron chi connectivity index (χ2n) is 2.39. The van der Waals surface area contributed by atoms with E-state index in [-0.39, 0.29) is 0 Å². The summed E-state index contributed by atoms with van der Waals surface area (Å²) >= 11 is 0. The Bertz CT molecular complexity index is 76.0. The van der Waals surface area contributed by atoms with E-state index in [0.29, 0.717) is 6.54 Å². The summed E-state index contributed by atoms with van der Waals surface area (Å²) in [6.45, 7) is 3.78. The second-order valence-corrected chi connectivity index (χ2v) is 2.39. The third kappa shape index (κ3) is 4.68. The highest BCUT2D eigenvalue weighted by Gasteiger charge is 2.12. The predicted octanol–water partition coefficient (Wildman–Crippen LogP) is 2.03. The zero-order chi connectivity index (χ0) is 7.98. The Morgan fingerprint density at radius 3 is 2.40 bits per heavy atom. The van der Waals surface area contributed by atoms with Crippen molar-refractivity contribution in [2.24, 2.45) is 0 Å². The van der Waals surface area contributed by atoms with Gasteiger partial charge in [0.15, 0.2) is 6.30 Å². The van der Waals surface area contributed by atoms with Gasteiger partial charge in [-0.1, -0.05) is 13.3 Å². The average Bonchev–Trinajstić information content (AvgIpc) is 1.88. The molecule has 3 heteroatoms. The van der Waals surface area contributed by atoms with E-state index >= 15 is 0 Å². The first-order chi connectivity index (χ1) is 4.68. The van der Waals surface area contributed by atoms with Gasteiger partial charge in [-0.2, -0.15) is 0 Å². The van der Waals surface area contributed by atoms with Crippen LogP contribution in [0.4, 0.5) is 8.78 Å². The molecule has 0 saturated heterocycles. The van der Waals surface area contributed by atoms with Gasteiger partial charge in [0.2, 0.25) is 0 Å². The van der Waals surface area contributed by atoms with Crippen molar-refractivity contribution in [1.29, 1.82) is 0 Å². The Kier molecular flexibility index (Phi) is 5.49. The van der Waals surface area contributed by atoms with Crippen LogP contribution in [0.25, 0.3) is 0 Å². The molecule has 0 aromatic carbocycles. The first-order valence-electron chi connectivity index (χ1n) is 3.70. The van der Waals surface area contributed by atoms with Gasteiger partial charge in [-0.25, -0.2) is 8.78 Å². The fourth-order valence-electron chi connectivity index (χ4n) is 0.579. The summed E-state index contributed by atoms with van der Waals surface area (Å²) in [5.74, 6) is 0. The predicted molar refractivity (Wildman–Crippen MR) is 38.4 cm³/mol. The minimum Gasteiger partial charge on any atom is -0.285 e. The number of nitrogens with one attached hydrogen (secondary N) is 1. The normalized spacial score (nSPS) is 16.8. The number of halogens is 2. The SMILES string of the molecule is CCCCNC(F)C(C)F. The Hall–Kier alpha value is -0.180. The van der Waals surface area contributed by atoms with Crippen LogP contribution in [0.3, 0.4) is 0 Å². The van der Waals surface area contributed by atoms with Crippen LogP contribution >= 0.6 is 0 Å². The maximum absolute atomic E-state index is 12.4. The van der Waals surface area contributed by atoms with E-state index in [0.717, 1.165) is 12.8 Å². The quantitative estimate of drug-likeness (QED) is 0.468. The van der Waals surface area contributed by atoms with E-state index in [4.69, 9.17) is 0 Å². The van der Waals surface area contributed by atoms with Crippen molar-refractivity contribution in [3.63, 3.8) is 0 Å². The minimum absolute atomic E-state index is 0.561. The number of unbranched alkanes of at least 4 members (excludes halogenated alkanes) is 1. The topological polar surface area (TPSA) is 12.0 Å². The summed E-state index contributed by atoms with van der Waals surface area (Å²) in [6.07, 6.45) is -1.00. The Labute approximate surface area is 60.8 Å². The Morgan fingerprint density at radius 1 is 1.40 bits per heavy atom. The van der Waals surface area contributed by atoms with E-state index in [1.54, 1.807) is 0 Å². The van der Waals surface area contributed by atoms with Crippen LogP contribution in [0.5, 0.6) is 0 Å². The van der Waals surface area contributed by atoms with Crippen LogP contribution in [0.2, 0.25) is 0 Å². The molecule has 0 heterocycles. The Morgan fingerprint density at radius 2 is 2.00 bits per heavy atom. The lowest BCUT2D eigenvalue weighted by molar-refractivity contribution is 0.148. The number of hydrogen-bond acceptors (Lipinski definition) is 1. The van der Waals surface area contributed by atoms with Gasteiger partial charge in [0, 0.05) is 0 Å². The highest BCUT2D eigenvalue weighted by atomic mass is 19.2. The summed E-state index contributed by atoms with van der Waals surface area (Å²) < 4.78 is 24.4. The third-order valence-corrected chi connectivity index (χ3v) is 1.27. The molecule has 0 aliphatic carbocycles. The highest BCUT2D eigenvalue weighted by Crippen LogP contribution is 1.98. The van der Waals surface area contributed by atoms with Crippen LogP contribution in [0.1, 0.15) is 26.7 Å². The summed E-state index contributed by atoms with van der Waals surface area (Å²) in [5.41, 5.74) is 0. The van der Waals surface area contributed by atoms with Crippen molar-refractivity contribution in [1.82, 2.24) is 5.32 Å². The Balaban J connectivity index is 3.13. The molecule has 0 fully saturated rings. The standard InChI is InChI=1S/C7H15F2N/c1-3-4-5-10-7(9)6(2)8/h6-7,10H,3-5H2,1-2H3. The smallest absolute Gasteiger partial charge is 0.182 e. The molecule has 0 aliphatic rings. The fourth-order valence-corrected chi connectivity index (χ4v) is 0.579. The maximum Gasteiger partial charge on any atom is 0.182 e. The average molecular weight is 151 g/mol. The maximum atomic E-state index is 12.4. The van der Waals surface area contributed by atoms with Crippen LogP contribution in [0.15, 0.2) is 0 Å². The van der Waals surface area contributed by atoms with Gasteiger partial charge >= 0.3 is 0 Å². The molecule has 0 aliphatic heterocycles. The molecule has 0 aromatic heterocycles. The second kappa shape index (κ2) is 5.59. The lowest BCUT2D eigenvalue weighted by Crippen LogP contribution is -2.32. The molecule has 0 amide bonds. The number of rotatable bonds is 5. The number of alkyl halides is 2. The molecule has 0 radical (unpaired) electrons. The van der Waals surface area contributed by atoms with Gasteiger partial charge < -0.3 is 0 Å². The summed E-state index contributed by atoms with van der Waals surface area (Å²) in [6, 6.07) is 0. The molecule has 0 rings (SSSR count). The first kappa shape index (κ1) is 9.82. The molecule has 0 saturated carbocycles. The van der Waals surface area contributed by atoms with E-state index < -0.39 is 12.5 Å². The van der Waals surface area contributed by atoms with Gasteiger partial charge in [0.05, 0.1) is 0 Å². The van der Waals surface area contributed by atoms with E-state index in [2.05, 4.69) is 5.32 Å². The molecule has 2 unspecified atom stereocenters. The summed E-state index contributed by atoms with van der Waals surface area (Å²) in [4.78, 5) is 0.